The van der Waals surface area contributed by atoms with E-state index >= 15 is 0 Å². The second-order valence-corrected chi connectivity index (χ2v) is 9.59. The summed E-state index contributed by atoms with van der Waals surface area (Å²) in [6.07, 6.45) is 1.54. The minimum absolute atomic E-state index is 0.227. The van der Waals surface area contributed by atoms with E-state index in [0.29, 0.717) is 11.4 Å². The van der Waals surface area contributed by atoms with Crippen LogP contribution in [0, 0.1) is 6.92 Å². The van der Waals surface area contributed by atoms with Crippen LogP contribution in [0.15, 0.2) is 83.8 Å². The van der Waals surface area contributed by atoms with Crippen LogP contribution in [0.5, 0.6) is 5.75 Å². The minimum Gasteiger partial charge on any atom is -0.426 e. The van der Waals surface area contributed by atoms with Gasteiger partial charge in [0.15, 0.2) is 0 Å². The maximum atomic E-state index is 12.8. The lowest BCUT2D eigenvalue weighted by molar-refractivity contribution is -0.137. The van der Waals surface area contributed by atoms with Crippen LogP contribution in [0.25, 0.3) is 0 Å². The number of anilines is 1. The van der Waals surface area contributed by atoms with Crippen molar-refractivity contribution in [1.29, 1.82) is 0 Å². The number of nitrogens with zero attached hydrogens (tertiary/aromatic N) is 1. The van der Waals surface area contributed by atoms with Crippen molar-refractivity contribution >= 4 is 21.7 Å². The molecule has 4 rings (SSSR count). The smallest absolute Gasteiger partial charge is 0.321 e. The van der Waals surface area contributed by atoms with E-state index in [-0.39, 0.29) is 10.9 Å². The molecule has 30 heavy (non-hydrogen) atoms. The third kappa shape index (κ3) is 3.71. The molecule has 154 valence electrons. The summed E-state index contributed by atoms with van der Waals surface area (Å²) < 4.78 is 32.5. The van der Waals surface area contributed by atoms with Crippen molar-refractivity contribution in [3.8, 4) is 5.75 Å². The average Bonchev–Trinajstić information content (AvgIpc) is 3.57. The lowest BCUT2D eigenvalue weighted by atomic mass is 9.96. The highest BCUT2D eigenvalue weighted by atomic mass is 32.2. The van der Waals surface area contributed by atoms with Gasteiger partial charge in [-0.1, -0.05) is 48.0 Å². The zero-order chi connectivity index (χ0) is 21.4. The van der Waals surface area contributed by atoms with E-state index in [1.807, 2.05) is 37.3 Å². The van der Waals surface area contributed by atoms with Gasteiger partial charge < -0.3 is 4.74 Å². The summed E-state index contributed by atoms with van der Waals surface area (Å²) in [5, 5.41) is 0. The molecule has 0 atom stereocenters. The molecule has 0 spiro atoms. The van der Waals surface area contributed by atoms with Crippen molar-refractivity contribution in [2.24, 2.45) is 0 Å². The van der Waals surface area contributed by atoms with Gasteiger partial charge in [-0.2, -0.15) is 0 Å². The molecular formula is C24H23NO4S. The fourth-order valence-corrected chi connectivity index (χ4v) is 4.62. The van der Waals surface area contributed by atoms with Crippen LogP contribution in [0.4, 0.5) is 5.69 Å². The molecule has 1 fully saturated rings. The summed E-state index contributed by atoms with van der Waals surface area (Å²) in [6, 6.07) is 22.9. The fraction of sp³-hybridized carbons (Fsp3) is 0.208. The zero-order valence-corrected chi connectivity index (χ0v) is 17.7. The Morgan fingerprint density at radius 1 is 0.900 bits per heavy atom. The maximum Gasteiger partial charge on any atom is 0.321 e. The number of aryl methyl sites for hydroxylation is 1. The molecule has 0 heterocycles. The van der Waals surface area contributed by atoms with E-state index in [1.54, 1.807) is 48.5 Å². The van der Waals surface area contributed by atoms with Gasteiger partial charge >= 0.3 is 5.97 Å². The number of hydrogen-bond acceptors (Lipinski definition) is 4. The lowest BCUT2D eigenvalue weighted by Gasteiger charge is -2.20. The molecule has 0 unspecified atom stereocenters. The van der Waals surface area contributed by atoms with Gasteiger partial charge in [-0.25, -0.2) is 8.42 Å². The molecule has 0 bridgehead atoms. The van der Waals surface area contributed by atoms with Gasteiger partial charge in [0.1, 0.15) is 5.75 Å². The Balaban J connectivity index is 1.49. The molecule has 0 N–H and O–H groups in total. The van der Waals surface area contributed by atoms with Crippen molar-refractivity contribution in [2.45, 2.75) is 30.1 Å². The first-order chi connectivity index (χ1) is 14.3. The van der Waals surface area contributed by atoms with Crippen LogP contribution in [0.1, 0.15) is 24.0 Å². The fourth-order valence-electron chi connectivity index (χ4n) is 3.43. The van der Waals surface area contributed by atoms with Crippen LogP contribution in [0.2, 0.25) is 0 Å². The van der Waals surface area contributed by atoms with E-state index in [2.05, 4.69) is 0 Å². The van der Waals surface area contributed by atoms with Crippen molar-refractivity contribution in [3.05, 3.63) is 90.0 Å². The molecule has 0 aromatic heterocycles. The topological polar surface area (TPSA) is 63.7 Å². The number of hydrogen-bond donors (Lipinski definition) is 0. The zero-order valence-electron chi connectivity index (χ0n) is 16.9. The SMILES string of the molecule is Cc1ccc(S(=O)(=O)N(C)c2ccc(OC(=O)C3(c4ccccc4)CC3)cc2)cc1. The Morgan fingerprint density at radius 3 is 2.07 bits per heavy atom. The largest absolute Gasteiger partial charge is 0.426 e. The number of ether oxygens (including phenoxy) is 1. The molecule has 0 aliphatic heterocycles. The highest BCUT2D eigenvalue weighted by molar-refractivity contribution is 7.92. The van der Waals surface area contributed by atoms with Gasteiger partial charge in [-0.3, -0.25) is 9.10 Å². The van der Waals surface area contributed by atoms with E-state index in [4.69, 9.17) is 4.74 Å². The predicted molar refractivity (Wildman–Crippen MR) is 116 cm³/mol. The van der Waals surface area contributed by atoms with Crippen LogP contribution >= 0.6 is 0 Å². The summed E-state index contributed by atoms with van der Waals surface area (Å²) in [7, 11) is -2.16. The van der Waals surface area contributed by atoms with Gasteiger partial charge in [0.25, 0.3) is 10.0 Å². The molecule has 6 heteroatoms. The number of sulfonamides is 1. The second kappa shape index (κ2) is 7.61. The van der Waals surface area contributed by atoms with Crippen LogP contribution in [-0.2, 0) is 20.2 Å². The summed E-state index contributed by atoms with van der Waals surface area (Å²) in [5.41, 5.74) is 1.88. The summed E-state index contributed by atoms with van der Waals surface area (Å²) in [4.78, 5) is 13.0. The van der Waals surface area contributed by atoms with E-state index in [1.165, 1.54) is 11.4 Å². The molecule has 3 aromatic carbocycles. The molecule has 0 saturated heterocycles. The first kappa shape index (κ1) is 20.2. The standard InChI is InChI=1S/C24H23NO4S/c1-18-8-14-22(15-9-18)30(27,28)25(2)20-10-12-21(13-11-20)29-23(26)24(16-17-24)19-6-4-3-5-7-19/h3-15H,16-17H2,1-2H3. The van der Waals surface area contributed by atoms with Gasteiger partial charge in [0, 0.05) is 7.05 Å². The van der Waals surface area contributed by atoms with Crippen LogP contribution in [0.3, 0.4) is 0 Å². The number of rotatable bonds is 6. The Labute approximate surface area is 177 Å². The Kier molecular flexibility index (Phi) is 5.12. The quantitative estimate of drug-likeness (QED) is 0.436. The summed E-state index contributed by atoms with van der Waals surface area (Å²) in [6.45, 7) is 1.91. The molecular weight excluding hydrogens is 398 g/mol. The first-order valence-corrected chi connectivity index (χ1v) is 11.2. The number of benzene rings is 3. The lowest BCUT2D eigenvalue weighted by Crippen LogP contribution is -2.27. The molecule has 1 aliphatic rings. The first-order valence-electron chi connectivity index (χ1n) is 9.76. The normalized spacial score (nSPS) is 14.7. The number of carbonyl (C=O) groups is 1. The van der Waals surface area contributed by atoms with Crippen molar-refractivity contribution in [3.63, 3.8) is 0 Å². The average molecular weight is 422 g/mol. The number of esters is 1. The predicted octanol–water partition coefficient (Wildman–Crippen LogP) is 4.46. The highest BCUT2D eigenvalue weighted by Crippen LogP contribution is 2.49. The molecule has 3 aromatic rings. The molecule has 0 amide bonds. The van der Waals surface area contributed by atoms with Crippen molar-refractivity contribution in [2.75, 3.05) is 11.4 Å². The summed E-state index contributed by atoms with van der Waals surface area (Å²) in [5.74, 6) is 0.120. The minimum atomic E-state index is -3.67. The molecule has 0 radical (unpaired) electrons. The van der Waals surface area contributed by atoms with Crippen LogP contribution < -0.4 is 9.04 Å². The Bertz CT molecular complexity index is 1150. The van der Waals surface area contributed by atoms with E-state index in [9.17, 15) is 13.2 Å². The van der Waals surface area contributed by atoms with Gasteiger partial charge in [-0.15, -0.1) is 0 Å². The van der Waals surface area contributed by atoms with Gasteiger partial charge in [0.2, 0.25) is 0 Å². The van der Waals surface area contributed by atoms with Crippen LogP contribution in [-0.4, -0.2) is 21.4 Å². The molecule has 5 nitrogen and oxygen atoms in total. The second-order valence-electron chi connectivity index (χ2n) is 7.62. The molecule has 1 aliphatic carbocycles. The molecule has 1 saturated carbocycles. The summed E-state index contributed by atoms with van der Waals surface area (Å²) >= 11 is 0. The van der Waals surface area contributed by atoms with Gasteiger partial charge in [0.05, 0.1) is 16.0 Å². The number of carbonyl (C=O) groups excluding carboxylic acids is 1. The maximum absolute atomic E-state index is 12.8. The third-order valence-corrected chi connectivity index (χ3v) is 7.36. The Morgan fingerprint density at radius 2 is 1.50 bits per heavy atom. The van der Waals surface area contributed by atoms with Crippen molar-refractivity contribution in [1.82, 2.24) is 0 Å². The monoisotopic (exact) mass is 421 g/mol. The van der Waals surface area contributed by atoms with E-state index in [0.717, 1.165) is 24.0 Å². The highest BCUT2D eigenvalue weighted by Gasteiger charge is 2.52. The Hall–Kier alpha value is -3.12. The van der Waals surface area contributed by atoms with E-state index < -0.39 is 15.4 Å². The third-order valence-electron chi connectivity index (χ3n) is 5.56. The van der Waals surface area contributed by atoms with Crippen molar-refractivity contribution < 1.29 is 17.9 Å². The van der Waals surface area contributed by atoms with Gasteiger partial charge in [-0.05, 0) is 61.7 Å².